The maximum absolute atomic E-state index is 12.4. The molecule has 0 amide bonds. The molecule has 126 valence electrons. The van der Waals surface area contributed by atoms with Crippen molar-refractivity contribution in [1.29, 1.82) is 0 Å². The first-order chi connectivity index (χ1) is 11.1. The number of benzene rings is 1. The average Bonchev–Trinajstić information content (AvgIpc) is 3.04. The molecule has 1 unspecified atom stereocenters. The predicted octanol–water partition coefficient (Wildman–Crippen LogP) is 1.64. The monoisotopic (exact) mass is 336 g/mol. The van der Waals surface area contributed by atoms with Gasteiger partial charge in [-0.05, 0) is 24.0 Å². The summed E-state index contributed by atoms with van der Waals surface area (Å²) in [6, 6.07) is 9.53. The van der Waals surface area contributed by atoms with Gasteiger partial charge in [0.1, 0.15) is 0 Å². The van der Waals surface area contributed by atoms with E-state index in [1.54, 1.807) is 10.4 Å². The molecule has 0 N–H and O–H groups in total. The van der Waals surface area contributed by atoms with Gasteiger partial charge in [0.05, 0.1) is 13.2 Å². The lowest BCUT2D eigenvalue weighted by Crippen LogP contribution is -2.40. The largest absolute Gasteiger partial charge is 0.379 e. The molecule has 0 radical (unpaired) electrons. The summed E-state index contributed by atoms with van der Waals surface area (Å²) in [6.07, 6.45) is 2.61. The highest BCUT2D eigenvalue weighted by molar-refractivity contribution is 7.92. The molecule has 1 aromatic carbocycles. The van der Waals surface area contributed by atoms with Gasteiger partial charge < -0.3 is 4.74 Å². The van der Waals surface area contributed by atoms with E-state index in [9.17, 15) is 8.42 Å². The van der Waals surface area contributed by atoms with Crippen molar-refractivity contribution in [2.45, 2.75) is 6.42 Å². The van der Waals surface area contributed by atoms with Gasteiger partial charge in [0, 0.05) is 38.1 Å². The Hall–Kier alpha value is -1.21. The van der Waals surface area contributed by atoms with Gasteiger partial charge in [-0.1, -0.05) is 30.3 Å². The van der Waals surface area contributed by atoms with Crippen LogP contribution in [0.2, 0.25) is 0 Å². The quantitative estimate of drug-likeness (QED) is 0.820. The van der Waals surface area contributed by atoms with Crippen molar-refractivity contribution in [2.24, 2.45) is 5.92 Å². The number of rotatable bonds is 5. The standard InChI is InChI=1S/C17H24N2O3S/c20-23(21,13-7-16-4-2-1-3-5-16)19-8-6-17(15-19)14-18-9-11-22-12-10-18/h1-5,7,13,17H,6,8-12,14-15H2/b13-7+. The summed E-state index contributed by atoms with van der Waals surface area (Å²) < 4.78 is 31.9. The van der Waals surface area contributed by atoms with Gasteiger partial charge in [-0.25, -0.2) is 8.42 Å². The van der Waals surface area contributed by atoms with Gasteiger partial charge in [0.2, 0.25) is 10.0 Å². The summed E-state index contributed by atoms with van der Waals surface area (Å²) in [6.45, 7) is 5.70. The topological polar surface area (TPSA) is 49.9 Å². The van der Waals surface area contributed by atoms with Gasteiger partial charge in [-0.2, -0.15) is 4.31 Å². The van der Waals surface area contributed by atoms with E-state index >= 15 is 0 Å². The lowest BCUT2D eigenvalue weighted by Gasteiger charge is -2.28. The van der Waals surface area contributed by atoms with Crippen molar-refractivity contribution in [2.75, 3.05) is 45.9 Å². The third-order valence-electron chi connectivity index (χ3n) is 4.46. The molecule has 23 heavy (non-hydrogen) atoms. The minimum absolute atomic E-state index is 0.424. The van der Waals surface area contributed by atoms with Gasteiger partial charge >= 0.3 is 0 Å². The van der Waals surface area contributed by atoms with Crippen LogP contribution in [-0.4, -0.2) is 63.6 Å². The molecule has 0 saturated carbocycles. The average molecular weight is 336 g/mol. The maximum Gasteiger partial charge on any atom is 0.236 e. The minimum atomic E-state index is -3.32. The van der Waals surface area contributed by atoms with Crippen LogP contribution in [0.25, 0.3) is 6.08 Å². The fraction of sp³-hybridized carbons (Fsp3) is 0.529. The molecule has 0 bridgehead atoms. The first kappa shape index (κ1) is 16.6. The Bertz CT molecular complexity index is 624. The van der Waals surface area contributed by atoms with E-state index in [4.69, 9.17) is 4.74 Å². The number of hydrogen-bond acceptors (Lipinski definition) is 4. The summed E-state index contributed by atoms with van der Waals surface area (Å²) >= 11 is 0. The van der Waals surface area contributed by atoms with E-state index in [-0.39, 0.29) is 0 Å². The van der Waals surface area contributed by atoms with E-state index < -0.39 is 10.0 Å². The Kier molecular flexibility index (Phi) is 5.48. The van der Waals surface area contributed by atoms with Crippen LogP contribution in [-0.2, 0) is 14.8 Å². The van der Waals surface area contributed by atoms with Crippen molar-refractivity contribution < 1.29 is 13.2 Å². The second kappa shape index (κ2) is 7.57. The van der Waals surface area contributed by atoms with E-state index in [0.717, 1.165) is 44.8 Å². The lowest BCUT2D eigenvalue weighted by atomic mass is 10.1. The van der Waals surface area contributed by atoms with Crippen molar-refractivity contribution in [3.63, 3.8) is 0 Å². The number of morpholine rings is 1. The molecule has 2 aliphatic rings. The van der Waals surface area contributed by atoms with Crippen LogP contribution in [0.1, 0.15) is 12.0 Å². The summed E-state index contributed by atoms with van der Waals surface area (Å²) in [4.78, 5) is 2.38. The van der Waals surface area contributed by atoms with Crippen LogP contribution in [0.3, 0.4) is 0 Å². The third kappa shape index (κ3) is 4.64. The Morgan fingerprint density at radius 2 is 1.87 bits per heavy atom. The molecule has 5 nitrogen and oxygen atoms in total. The van der Waals surface area contributed by atoms with Crippen molar-refractivity contribution >= 4 is 16.1 Å². The second-order valence-corrected chi connectivity index (χ2v) is 8.00. The van der Waals surface area contributed by atoms with Gasteiger partial charge in [0.25, 0.3) is 0 Å². The van der Waals surface area contributed by atoms with E-state index in [1.165, 1.54) is 5.41 Å². The molecule has 6 heteroatoms. The normalized spacial score (nSPS) is 24.4. The van der Waals surface area contributed by atoms with E-state index in [2.05, 4.69) is 4.90 Å². The maximum atomic E-state index is 12.4. The Balaban J connectivity index is 1.55. The van der Waals surface area contributed by atoms with Gasteiger partial charge in [0.15, 0.2) is 0 Å². The molecule has 3 rings (SSSR count). The van der Waals surface area contributed by atoms with Crippen molar-refractivity contribution in [1.82, 2.24) is 9.21 Å². The number of nitrogens with zero attached hydrogens (tertiary/aromatic N) is 2. The van der Waals surface area contributed by atoms with Crippen molar-refractivity contribution in [3.05, 3.63) is 41.3 Å². The first-order valence-corrected chi connectivity index (χ1v) is 9.67. The third-order valence-corrected chi connectivity index (χ3v) is 5.99. The smallest absolute Gasteiger partial charge is 0.236 e. The lowest BCUT2D eigenvalue weighted by molar-refractivity contribution is 0.0316. The van der Waals surface area contributed by atoms with Crippen LogP contribution in [0.4, 0.5) is 0 Å². The van der Waals surface area contributed by atoms with Crippen molar-refractivity contribution in [3.8, 4) is 0 Å². The Morgan fingerprint density at radius 3 is 2.61 bits per heavy atom. The van der Waals surface area contributed by atoms with Crippen LogP contribution in [0.5, 0.6) is 0 Å². The van der Waals surface area contributed by atoms with Crippen LogP contribution >= 0.6 is 0 Å². The summed E-state index contributed by atoms with van der Waals surface area (Å²) in [7, 11) is -3.32. The Labute approximate surface area is 138 Å². The molecule has 0 aliphatic carbocycles. The molecule has 2 fully saturated rings. The zero-order valence-electron chi connectivity index (χ0n) is 13.3. The zero-order valence-corrected chi connectivity index (χ0v) is 14.1. The zero-order chi connectivity index (χ0) is 16.1. The van der Waals surface area contributed by atoms with Gasteiger partial charge in [-0.3, -0.25) is 4.90 Å². The molecule has 2 heterocycles. The minimum Gasteiger partial charge on any atom is -0.379 e. The summed E-state index contributed by atoms with van der Waals surface area (Å²) in [5, 5.41) is 1.33. The molecular weight excluding hydrogens is 312 g/mol. The summed E-state index contributed by atoms with van der Waals surface area (Å²) in [5.41, 5.74) is 0.903. The number of hydrogen-bond donors (Lipinski definition) is 0. The SMILES string of the molecule is O=S(=O)(/C=C/c1ccccc1)N1CCC(CN2CCOCC2)C1. The number of ether oxygens (including phenoxy) is 1. The van der Waals surface area contributed by atoms with Gasteiger partial charge in [-0.15, -0.1) is 0 Å². The first-order valence-electron chi connectivity index (χ1n) is 8.17. The number of sulfonamides is 1. The fourth-order valence-electron chi connectivity index (χ4n) is 3.14. The van der Waals surface area contributed by atoms with E-state index in [0.29, 0.717) is 19.0 Å². The van der Waals surface area contributed by atoms with Crippen LogP contribution < -0.4 is 0 Å². The highest BCUT2D eigenvalue weighted by Gasteiger charge is 2.31. The molecule has 1 atom stereocenters. The van der Waals surface area contributed by atoms with Crippen LogP contribution in [0, 0.1) is 5.92 Å². The predicted molar refractivity (Wildman–Crippen MR) is 91.3 cm³/mol. The molecule has 2 saturated heterocycles. The second-order valence-electron chi connectivity index (χ2n) is 6.18. The van der Waals surface area contributed by atoms with Crippen LogP contribution in [0.15, 0.2) is 35.7 Å². The summed E-state index contributed by atoms with van der Waals surface area (Å²) in [5.74, 6) is 0.424. The fourth-order valence-corrected chi connectivity index (χ4v) is 4.42. The Morgan fingerprint density at radius 1 is 1.13 bits per heavy atom. The highest BCUT2D eigenvalue weighted by Crippen LogP contribution is 2.22. The molecule has 0 aromatic heterocycles. The molecule has 0 spiro atoms. The highest BCUT2D eigenvalue weighted by atomic mass is 32.2. The molecular formula is C17H24N2O3S. The molecule has 1 aromatic rings. The molecule has 2 aliphatic heterocycles. The van der Waals surface area contributed by atoms with E-state index in [1.807, 2.05) is 30.3 Å².